The number of rotatable bonds is 3. The number of para-hydroxylation sites is 1. The zero-order valence-corrected chi connectivity index (χ0v) is 16.8. The fourth-order valence-corrected chi connectivity index (χ4v) is 3.99. The Morgan fingerprint density at radius 1 is 0.967 bits per heavy atom. The quantitative estimate of drug-likeness (QED) is 0.553. The predicted molar refractivity (Wildman–Crippen MR) is 117 cm³/mol. The summed E-state index contributed by atoms with van der Waals surface area (Å²) in [4.78, 5) is 39.4. The molecule has 2 aromatic heterocycles. The summed E-state index contributed by atoms with van der Waals surface area (Å²) in [6.07, 6.45) is 0.552. The molecule has 0 saturated carbocycles. The van der Waals surface area contributed by atoms with E-state index in [0.29, 0.717) is 17.8 Å². The van der Waals surface area contributed by atoms with E-state index in [2.05, 4.69) is 27.0 Å². The van der Waals surface area contributed by atoms with Gasteiger partial charge in [0.05, 0.1) is 16.6 Å². The Morgan fingerprint density at radius 2 is 1.83 bits per heavy atom. The first-order valence-electron chi connectivity index (χ1n) is 10.1. The summed E-state index contributed by atoms with van der Waals surface area (Å²) in [6, 6.07) is 15.7. The molecule has 0 bridgehead atoms. The highest BCUT2D eigenvalue weighted by Gasteiger charge is 2.18. The van der Waals surface area contributed by atoms with Crippen LogP contribution < -0.4 is 5.56 Å². The minimum absolute atomic E-state index is 0.161. The number of imidazole rings is 1. The molecule has 1 aliphatic rings. The third-order valence-electron chi connectivity index (χ3n) is 5.78. The van der Waals surface area contributed by atoms with E-state index in [1.807, 2.05) is 43.4 Å². The number of hydrogen-bond acceptors (Lipinski definition) is 4. The highest BCUT2D eigenvalue weighted by atomic mass is 16.2. The second-order valence-corrected chi connectivity index (χ2v) is 7.88. The van der Waals surface area contributed by atoms with Crippen LogP contribution in [0.1, 0.15) is 12.0 Å². The molecule has 0 atom stereocenters. The number of pyridine rings is 1. The van der Waals surface area contributed by atoms with Crippen LogP contribution in [0.5, 0.6) is 0 Å². The Hall–Kier alpha value is -3.45. The van der Waals surface area contributed by atoms with Gasteiger partial charge in [-0.05, 0) is 35.2 Å². The summed E-state index contributed by atoms with van der Waals surface area (Å²) < 4.78 is 0. The number of fused-ring (bicyclic) bond motifs is 2. The average molecular weight is 401 g/mol. The minimum atomic E-state index is -0.161. The van der Waals surface area contributed by atoms with Gasteiger partial charge in [-0.15, -0.1) is 0 Å². The maximum absolute atomic E-state index is 12.6. The molecule has 152 valence electrons. The summed E-state index contributed by atoms with van der Waals surface area (Å²) in [5, 5.41) is 0.967. The van der Waals surface area contributed by atoms with Crippen LogP contribution in [0.3, 0.4) is 0 Å². The van der Waals surface area contributed by atoms with Crippen molar-refractivity contribution in [3.05, 3.63) is 64.4 Å². The van der Waals surface area contributed by atoms with E-state index < -0.39 is 0 Å². The lowest BCUT2D eigenvalue weighted by Gasteiger charge is -2.19. The summed E-state index contributed by atoms with van der Waals surface area (Å²) in [5.41, 5.74) is 4.05. The van der Waals surface area contributed by atoms with Crippen molar-refractivity contribution in [2.45, 2.75) is 13.0 Å². The number of H-pyrrole nitrogens is 2. The molecule has 5 rings (SSSR count). The van der Waals surface area contributed by atoms with Crippen LogP contribution in [0, 0.1) is 0 Å². The summed E-state index contributed by atoms with van der Waals surface area (Å²) >= 11 is 0. The zero-order chi connectivity index (χ0) is 20.7. The van der Waals surface area contributed by atoms with Gasteiger partial charge in [0.1, 0.15) is 5.82 Å². The number of hydrogen-bond donors (Lipinski definition) is 2. The van der Waals surface area contributed by atoms with Crippen LogP contribution in [0.2, 0.25) is 0 Å². The number of aromatic amines is 2. The summed E-state index contributed by atoms with van der Waals surface area (Å²) in [6.45, 7) is 3.15. The lowest BCUT2D eigenvalue weighted by molar-refractivity contribution is -0.129. The first kappa shape index (κ1) is 18.6. The molecule has 2 N–H and O–H groups in total. The van der Waals surface area contributed by atoms with Crippen LogP contribution in [-0.4, -0.2) is 57.3 Å². The van der Waals surface area contributed by atoms with Crippen LogP contribution in [-0.2, 0) is 11.3 Å². The molecular weight excluding hydrogens is 378 g/mol. The molecule has 1 saturated heterocycles. The van der Waals surface area contributed by atoms with Gasteiger partial charge < -0.3 is 14.9 Å². The first-order valence-corrected chi connectivity index (χ1v) is 10.1. The lowest BCUT2D eigenvalue weighted by atomic mass is 10.1. The number of carbonyl (C=O) groups is 1. The second kappa shape index (κ2) is 7.42. The van der Waals surface area contributed by atoms with Crippen molar-refractivity contribution in [1.82, 2.24) is 24.8 Å². The zero-order valence-electron chi connectivity index (χ0n) is 16.8. The molecule has 2 aromatic carbocycles. The van der Waals surface area contributed by atoms with E-state index in [0.717, 1.165) is 53.7 Å². The highest BCUT2D eigenvalue weighted by Crippen LogP contribution is 2.22. The molecule has 0 spiro atoms. The number of nitrogens with zero attached hydrogens (tertiary/aromatic N) is 3. The highest BCUT2D eigenvalue weighted by molar-refractivity contribution is 5.85. The predicted octanol–water partition coefficient (Wildman–Crippen LogP) is 2.74. The third-order valence-corrected chi connectivity index (χ3v) is 5.78. The number of nitrogens with one attached hydrogen (secondary N) is 2. The van der Waals surface area contributed by atoms with Gasteiger partial charge in [0, 0.05) is 45.2 Å². The van der Waals surface area contributed by atoms with Crippen molar-refractivity contribution >= 4 is 27.8 Å². The molecule has 3 heterocycles. The average Bonchev–Trinajstić information content (AvgIpc) is 3.10. The van der Waals surface area contributed by atoms with Gasteiger partial charge in [0.15, 0.2) is 0 Å². The standard InChI is InChI=1S/C23H23N5O2/c1-27-10-11-28(9-8-21(27)29)14-15-6-7-19-20(12-15)25-22(24-19)17-13-16-4-2-3-5-18(16)26-23(17)30/h2-7,12-13H,8-11,14H2,1H3,(H,24,25)(H,26,30). The normalized spacial score (nSPS) is 15.8. The number of likely N-dealkylation sites (N-methyl/N-ethyl adjacent to an activating group) is 1. The number of carbonyl (C=O) groups excluding carboxylic acids is 1. The molecule has 1 fully saturated rings. The summed E-state index contributed by atoms with van der Waals surface area (Å²) in [5.74, 6) is 0.765. The van der Waals surface area contributed by atoms with Crippen molar-refractivity contribution in [2.75, 3.05) is 26.7 Å². The van der Waals surface area contributed by atoms with Crippen LogP contribution in [0.15, 0.2) is 53.3 Å². The molecule has 0 aliphatic carbocycles. The van der Waals surface area contributed by atoms with Gasteiger partial charge in [0.2, 0.25) is 5.91 Å². The minimum Gasteiger partial charge on any atom is -0.344 e. The molecule has 0 radical (unpaired) electrons. The SMILES string of the molecule is CN1CCN(Cc2ccc3[nH]c(-c4cc5ccccc5[nH]c4=O)nc3c2)CCC1=O. The Kier molecular flexibility index (Phi) is 4.59. The molecule has 4 aromatic rings. The topological polar surface area (TPSA) is 85.1 Å². The van der Waals surface area contributed by atoms with Crippen LogP contribution in [0.4, 0.5) is 0 Å². The van der Waals surface area contributed by atoms with Crippen LogP contribution >= 0.6 is 0 Å². The van der Waals surface area contributed by atoms with Gasteiger partial charge in [-0.2, -0.15) is 0 Å². The van der Waals surface area contributed by atoms with E-state index in [-0.39, 0.29) is 11.5 Å². The molecule has 0 unspecified atom stereocenters. The first-order chi connectivity index (χ1) is 14.6. The Balaban J connectivity index is 1.44. The van der Waals surface area contributed by atoms with Crippen molar-refractivity contribution < 1.29 is 4.79 Å². The van der Waals surface area contributed by atoms with Gasteiger partial charge in [0.25, 0.3) is 5.56 Å². The largest absolute Gasteiger partial charge is 0.344 e. The Labute approximate surface area is 173 Å². The number of amides is 1. The van der Waals surface area contributed by atoms with Crippen molar-refractivity contribution in [1.29, 1.82) is 0 Å². The monoisotopic (exact) mass is 401 g/mol. The van der Waals surface area contributed by atoms with Gasteiger partial charge >= 0.3 is 0 Å². The maximum Gasteiger partial charge on any atom is 0.259 e. The number of aromatic nitrogens is 3. The third kappa shape index (κ3) is 3.48. The molecule has 7 nitrogen and oxygen atoms in total. The van der Waals surface area contributed by atoms with E-state index in [1.54, 1.807) is 4.90 Å². The van der Waals surface area contributed by atoms with Crippen molar-refractivity contribution in [3.8, 4) is 11.4 Å². The second-order valence-electron chi connectivity index (χ2n) is 7.88. The summed E-state index contributed by atoms with van der Waals surface area (Å²) in [7, 11) is 1.86. The lowest BCUT2D eigenvalue weighted by Crippen LogP contribution is -2.29. The van der Waals surface area contributed by atoms with E-state index in [1.165, 1.54) is 0 Å². The molecule has 7 heteroatoms. The van der Waals surface area contributed by atoms with Crippen molar-refractivity contribution in [3.63, 3.8) is 0 Å². The van der Waals surface area contributed by atoms with Crippen molar-refractivity contribution in [2.24, 2.45) is 0 Å². The van der Waals surface area contributed by atoms with E-state index in [4.69, 9.17) is 4.98 Å². The Morgan fingerprint density at radius 3 is 2.73 bits per heavy atom. The smallest absolute Gasteiger partial charge is 0.259 e. The molecule has 30 heavy (non-hydrogen) atoms. The number of benzene rings is 2. The van der Waals surface area contributed by atoms with E-state index >= 15 is 0 Å². The van der Waals surface area contributed by atoms with Gasteiger partial charge in [-0.1, -0.05) is 24.3 Å². The van der Waals surface area contributed by atoms with Gasteiger partial charge in [-0.25, -0.2) is 4.98 Å². The fourth-order valence-electron chi connectivity index (χ4n) is 3.99. The molecular formula is C23H23N5O2. The van der Waals surface area contributed by atoms with E-state index in [9.17, 15) is 9.59 Å². The molecule has 1 amide bonds. The Bertz CT molecular complexity index is 1310. The fraction of sp³-hybridized carbons (Fsp3) is 0.261. The van der Waals surface area contributed by atoms with Gasteiger partial charge in [-0.3, -0.25) is 14.5 Å². The molecule has 1 aliphatic heterocycles. The maximum atomic E-state index is 12.6. The van der Waals surface area contributed by atoms with Crippen LogP contribution in [0.25, 0.3) is 33.3 Å².